The zero-order chi connectivity index (χ0) is 25.5. The molecule has 34 heavy (non-hydrogen) atoms. The molecule has 0 bridgehead atoms. The molecular formula is C29H47NO3S. The van der Waals surface area contributed by atoms with Crippen molar-refractivity contribution >= 4 is 10.1 Å². The van der Waals surface area contributed by atoms with Gasteiger partial charge in [-0.05, 0) is 37.5 Å². The largest absolute Gasteiger partial charge is 0.744 e. The van der Waals surface area contributed by atoms with Gasteiger partial charge in [0.1, 0.15) is 16.2 Å². The molecule has 2 rings (SSSR count). The Balaban J connectivity index is 0.000000404. The number of hydrogen-bond acceptors (Lipinski definition) is 3. The third-order valence-corrected chi connectivity index (χ3v) is 7.32. The van der Waals surface area contributed by atoms with Crippen LogP contribution in [0.3, 0.4) is 0 Å². The van der Waals surface area contributed by atoms with Crippen LogP contribution in [0.4, 0.5) is 0 Å². The second-order valence-electron chi connectivity index (χ2n) is 10.2. The van der Waals surface area contributed by atoms with Gasteiger partial charge in [-0.15, -0.1) is 0 Å². The maximum atomic E-state index is 10.8. The lowest BCUT2D eigenvalue weighted by Gasteiger charge is -2.31. The van der Waals surface area contributed by atoms with Crippen molar-refractivity contribution in [2.45, 2.75) is 95.4 Å². The van der Waals surface area contributed by atoms with Crippen LogP contribution in [0.25, 0.3) is 0 Å². The van der Waals surface area contributed by atoms with E-state index in [0.29, 0.717) is 6.04 Å². The Hall–Kier alpha value is -1.69. The van der Waals surface area contributed by atoms with E-state index in [1.165, 1.54) is 75.5 Å². The van der Waals surface area contributed by atoms with E-state index in [4.69, 9.17) is 0 Å². The molecular weight excluding hydrogens is 442 g/mol. The van der Waals surface area contributed by atoms with E-state index in [-0.39, 0.29) is 4.90 Å². The summed E-state index contributed by atoms with van der Waals surface area (Å²) in [5, 5.41) is 0. The molecule has 2 aromatic rings. The number of aryl methyl sites for hydroxylation is 1. The molecule has 0 radical (unpaired) electrons. The summed E-state index contributed by atoms with van der Waals surface area (Å²) >= 11 is 0. The van der Waals surface area contributed by atoms with Gasteiger partial charge in [0.05, 0.1) is 26.0 Å². The Kier molecular flexibility index (Phi) is 14.3. The Morgan fingerprint density at radius 1 is 0.735 bits per heavy atom. The van der Waals surface area contributed by atoms with E-state index >= 15 is 0 Å². The molecule has 0 amide bonds. The van der Waals surface area contributed by atoms with Crippen LogP contribution < -0.4 is 0 Å². The topological polar surface area (TPSA) is 57.2 Å². The fourth-order valence-corrected chi connectivity index (χ4v) is 4.29. The summed E-state index contributed by atoms with van der Waals surface area (Å²) < 4.78 is 33.5. The van der Waals surface area contributed by atoms with Gasteiger partial charge in [-0.1, -0.05) is 107 Å². The second-order valence-corrected chi connectivity index (χ2v) is 11.6. The minimum atomic E-state index is -4.31. The molecule has 0 saturated heterocycles. The molecule has 1 unspecified atom stereocenters. The van der Waals surface area contributed by atoms with Crippen LogP contribution in [0.1, 0.15) is 95.2 Å². The zero-order valence-corrected chi connectivity index (χ0v) is 22.9. The molecule has 4 nitrogen and oxygen atoms in total. The molecule has 0 heterocycles. The summed E-state index contributed by atoms with van der Waals surface area (Å²) in [6.45, 7) is 4.50. The average molecular weight is 490 g/mol. The van der Waals surface area contributed by atoms with E-state index in [1.54, 1.807) is 12.1 Å². The van der Waals surface area contributed by atoms with Crippen LogP contribution in [-0.2, 0) is 16.5 Å². The number of unbranched alkanes of at least 4 members (excludes halogenated alkanes) is 9. The predicted molar refractivity (Wildman–Crippen MR) is 143 cm³/mol. The molecule has 0 fully saturated rings. The molecule has 0 aliphatic rings. The molecule has 0 aromatic heterocycles. The maximum Gasteiger partial charge on any atom is 0.124 e. The van der Waals surface area contributed by atoms with E-state index in [1.807, 2.05) is 0 Å². The predicted octanol–water partition coefficient (Wildman–Crippen LogP) is 7.51. The summed E-state index contributed by atoms with van der Waals surface area (Å²) in [6.07, 6.45) is 14.0. The van der Waals surface area contributed by atoms with Crippen LogP contribution in [0, 0.1) is 0 Å². The number of hydrogen-bond donors (Lipinski definition) is 0. The monoisotopic (exact) mass is 489 g/mol. The Labute approximate surface area is 209 Å². The van der Waals surface area contributed by atoms with Gasteiger partial charge in [0.15, 0.2) is 0 Å². The fourth-order valence-electron chi connectivity index (χ4n) is 3.82. The molecule has 0 aliphatic carbocycles. The summed E-state index contributed by atoms with van der Waals surface area (Å²) in [5.74, 6) is 0. The lowest BCUT2D eigenvalue weighted by Crippen LogP contribution is -2.37. The lowest BCUT2D eigenvalue weighted by atomic mass is 10.0. The maximum absolute atomic E-state index is 10.8. The van der Waals surface area contributed by atoms with Crippen molar-refractivity contribution in [3.8, 4) is 0 Å². The number of quaternary nitrogens is 1. The Morgan fingerprint density at radius 2 is 1.21 bits per heavy atom. The van der Waals surface area contributed by atoms with Gasteiger partial charge in [0, 0.05) is 5.56 Å². The summed E-state index contributed by atoms with van der Waals surface area (Å²) in [4.78, 5) is -0.140. The molecule has 2 aromatic carbocycles. The fraction of sp³-hybridized carbons (Fsp3) is 0.586. The minimum Gasteiger partial charge on any atom is -0.744 e. The van der Waals surface area contributed by atoms with Gasteiger partial charge < -0.3 is 9.04 Å². The van der Waals surface area contributed by atoms with Gasteiger partial charge in [-0.3, -0.25) is 0 Å². The Bertz CT molecular complexity index is 872. The highest BCUT2D eigenvalue weighted by Crippen LogP contribution is 2.21. The second kappa shape index (κ2) is 16.1. The van der Waals surface area contributed by atoms with E-state index in [9.17, 15) is 13.0 Å². The quantitative estimate of drug-likeness (QED) is 0.157. The third kappa shape index (κ3) is 13.3. The average Bonchev–Trinajstić information content (AvgIpc) is 2.80. The van der Waals surface area contributed by atoms with Crippen molar-refractivity contribution in [2.75, 3.05) is 21.1 Å². The van der Waals surface area contributed by atoms with Gasteiger partial charge in [-0.25, -0.2) is 8.42 Å². The van der Waals surface area contributed by atoms with Gasteiger partial charge in [0.25, 0.3) is 0 Å². The standard InChI is InChI=1S/C18H30O3S.C11H18N/c1-2-3-4-5-6-7-8-9-10-11-12-17-13-15-18(16-14-17)22(19,20)21;1-10(12(2,3)4)11-8-6-5-7-9-11/h13-16H,2-12H2,1H3,(H,19,20,21);5-10H,1-4H3/q;+1/p-1. The first kappa shape index (κ1) is 30.3. The summed E-state index contributed by atoms with van der Waals surface area (Å²) in [6, 6.07) is 17.5. The van der Waals surface area contributed by atoms with Crippen LogP contribution in [0.5, 0.6) is 0 Å². The van der Waals surface area contributed by atoms with Crippen LogP contribution in [0.2, 0.25) is 0 Å². The molecule has 0 spiro atoms. The van der Waals surface area contributed by atoms with Gasteiger partial charge in [-0.2, -0.15) is 0 Å². The van der Waals surface area contributed by atoms with E-state index < -0.39 is 10.1 Å². The summed E-state index contributed by atoms with van der Waals surface area (Å²) in [5.41, 5.74) is 2.51. The zero-order valence-electron chi connectivity index (χ0n) is 22.1. The van der Waals surface area contributed by atoms with E-state index in [0.717, 1.165) is 22.9 Å². The number of nitrogens with zero attached hydrogens (tertiary/aromatic N) is 1. The van der Waals surface area contributed by atoms with Gasteiger partial charge >= 0.3 is 0 Å². The number of rotatable bonds is 14. The normalized spacial score (nSPS) is 12.6. The Morgan fingerprint density at radius 3 is 1.65 bits per heavy atom. The smallest absolute Gasteiger partial charge is 0.124 e. The minimum absolute atomic E-state index is 0.140. The van der Waals surface area contributed by atoms with Crippen LogP contribution in [-0.4, -0.2) is 38.6 Å². The van der Waals surface area contributed by atoms with Crippen molar-refractivity contribution in [3.05, 3.63) is 65.7 Å². The molecule has 0 aliphatic heterocycles. The molecule has 0 N–H and O–H groups in total. The molecule has 1 atom stereocenters. The SMILES string of the molecule is CC(c1ccccc1)[N+](C)(C)C.CCCCCCCCCCCCc1ccc(S(=O)(=O)[O-])cc1. The van der Waals surface area contributed by atoms with Gasteiger partial charge in [0.2, 0.25) is 0 Å². The van der Waals surface area contributed by atoms with Crippen molar-refractivity contribution in [3.63, 3.8) is 0 Å². The van der Waals surface area contributed by atoms with Crippen molar-refractivity contribution in [1.82, 2.24) is 0 Å². The van der Waals surface area contributed by atoms with Crippen molar-refractivity contribution < 1.29 is 17.5 Å². The van der Waals surface area contributed by atoms with Crippen molar-refractivity contribution in [1.29, 1.82) is 0 Å². The van der Waals surface area contributed by atoms with Crippen molar-refractivity contribution in [2.24, 2.45) is 0 Å². The first-order valence-electron chi connectivity index (χ1n) is 13.0. The highest BCUT2D eigenvalue weighted by molar-refractivity contribution is 7.85. The third-order valence-electron chi connectivity index (χ3n) is 6.47. The molecule has 0 saturated carbocycles. The first-order chi connectivity index (χ1) is 16.1. The first-order valence-corrected chi connectivity index (χ1v) is 14.4. The number of benzene rings is 2. The van der Waals surface area contributed by atoms with E-state index in [2.05, 4.69) is 65.3 Å². The summed E-state index contributed by atoms with van der Waals surface area (Å²) in [7, 11) is 2.35. The van der Waals surface area contributed by atoms with Crippen LogP contribution in [0.15, 0.2) is 59.5 Å². The molecule has 5 heteroatoms. The highest BCUT2D eigenvalue weighted by Gasteiger charge is 2.19. The highest BCUT2D eigenvalue weighted by atomic mass is 32.2. The molecule has 192 valence electrons. The lowest BCUT2D eigenvalue weighted by molar-refractivity contribution is -0.900. The van der Waals surface area contributed by atoms with Crippen LogP contribution >= 0.6 is 0 Å².